The Bertz CT molecular complexity index is 864. The molecule has 0 bridgehead atoms. The number of pyridine rings is 1. The van der Waals surface area contributed by atoms with Gasteiger partial charge in [-0.05, 0) is 19.1 Å². The molecule has 0 spiro atoms. The minimum atomic E-state index is -0.415. The molecule has 0 aliphatic carbocycles. The van der Waals surface area contributed by atoms with Gasteiger partial charge >= 0.3 is 11.7 Å². The fourth-order valence-electron chi connectivity index (χ4n) is 2.21. The van der Waals surface area contributed by atoms with Gasteiger partial charge < -0.3 is 14.7 Å². The quantitative estimate of drug-likeness (QED) is 0.720. The molecule has 0 atom stereocenters. The maximum atomic E-state index is 11.8. The number of aromatic amines is 2. The van der Waals surface area contributed by atoms with Gasteiger partial charge in [-0.25, -0.2) is 9.59 Å². The minimum Gasteiger partial charge on any atom is -0.462 e. The molecule has 0 saturated carbocycles. The van der Waals surface area contributed by atoms with Crippen molar-refractivity contribution in [3.8, 4) is 11.1 Å². The number of nitrogens with zero attached hydrogens (tertiary/aromatic N) is 1. The Morgan fingerprint density at radius 2 is 2.14 bits per heavy atom. The third-order valence-corrected chi connectivity index (χ3v) is 3.11. The number of rotatable bonds is 3. The Hall–Kier alpha value is -2.89. The van der Waals surface area contributed by atoms with Crippen LogP contribution in [-0.2, 0) is 4.74 Å². The zero-order chi connectivity index (χ0) is 14.8. The van der Waals surface area contributed by atoms with Gasteiger partial charge in [-0.15, -0.1) is 0 Å². The van der Waals surface area contributed by atoms with Crippen LogP contribution in [0.5, 0.6) is 0 Å². The number of aromatic nitrogens is 3. The molecule has 6 heteroatoms. The molecule has 6 nitrogen and oxygen atoms in total. The molecular formula is C15H13N3O3. The number of H-pyrrole nitrogens is 2. The molecule has 3 aromatic rings. The zero-order valence-electron chi connectivity index (χ0n) is 11.3. The summed E-state index contributed by atoms with van der Waals surface area (Å²) in [6.07, 6.45) is 3.10. The smallest absolute Gasteiger partial charge is 0.339 e. The van der Waals surface area contributed by atoms with Gasteiger partial charge in [0.05, 0.1) is 23.2 Å². The number of hydrogen-bond acceptors (Lipinski definition) is 4. The van der Waals surface area contributed by atoms with Crippen molar-refractivity contribution < 1.29 is 9.53 Å². The molecule has 0 fully saturated rings. The largest absolute Gasteiger partial charge is 0.462 e. The van der Waals surface area contributed by atoms with Gasteiger partial charge in [0, 0.05) is 23.5 Å². The highest BCUT2D eigenvalue weighted by Gasteiger charge is 2.11. The van der Waals surface area contributed by atoms with Crippen molar-refractivity contribution in [1.29, 1.82) is 0 Å². The molecule has 2 aromatic heterocycles. The van der Waals surface area contributed by atoms with Crippen molar-refractivity contribution in [2.45, 2.75) is 6.92 Å². The number of carbonyl (C=O) groups excluding carboxylic acids is 1. The summed E-state index contributed by atoms with van der Waals surface area (Å²) in [5.41, 5.74) is 3.03. The second kappa shape index (κ2) is 5.24. The summed E-state index contributed by atoms with van der Waals surface area (Å²) < 4.78 is 4.97. The summed E-state index contributed by atoms with van der Waals surface area (Å²) in [5, 5.41) is 0. The molecule has 0 aliphatic rings. The van der Waals surface area contributed by atoms with Crippen molar-refractivity contribution in [2.24, 2.45) is 0 Å². The first-order chi connectivity index (χ1) is 10.2. The maximum absolute atomic E-state index is 11.8. The Balaban J connectivity index is 2.12. The monoisotopic (exact) mass is 283 g/mol. The summed E-state index contributed by atoms with van der Waals surface area (Å²) >= 11 is 0. The Labute approximate surface area is 119 Å². The Morgan fingerprint density at radius 3 is 2.95 bits per heavy atom. The number of fused-ring (bicyclic) bond motifs is 1. The summed E-state index contributed by atoms with van der Waals surface area (Å²) in [6, 6.07) is 7.20. The molecule has 2 heterocycles. The minimum absolute atomic E-state index is 0.271. The van der Waals surface area contributed by atoms with Gasteiger partial charge in [-0.3, -0.25) is 4.98 Å². The number of hydrogen-bond donors (Lipinski definition) is 2. The Kier molecular flexibility index (Phi) is 3.27. The fourth-order valence-corrected chi connectivity index (χ4v) is 2.21. The molecule has 0 unspecified atom stereocenters. The van der Waals surface area contributed by atoms with Crippen molar-refractivity contribution >= 4 is 17.0 Å². The Morgan fingerprint density at radius 1 is 1.29 bits per heavy atom. The predicted molar refractivity (Wildman–Crippen MR) is 78.1 cm³/mol. The maximum Gasteiger partial charge on any atom is 0.339 e. The van der Waals surface area contributed by atoms with Crippen molar-refractivity contribution in [3.05, 3.63) is 52.7 Å². The van der Waals surface area contributed by atoms with Crippen molar-refractivity contribution in [2.75, 3.05) is 6.61 Å². The lowest BCUT2D eigenvalue weighted by atomic mass is 10.0. The van der Waals surface area contributed by atoms with Crippen LogP contribution in [0.3, 0.4) is 0 Å². The van der Waals surface area contributed by atoms with Crippen LogP contribution in [0.4, 0.5) is 0 Å². The number of imidazole rings is 1. The predicted octanol–water partition coefficient (Wildman–Crippen LogP) is 2.09. The van der Waals surface area contributed by atoms with E-state index < -0.39 is 5.97 Å². The molecule has 106 valence electrons. The van der Waals surface area contributed by atoms with Crippen LogP contribution in [0.25, 0.3) is 22.2 Å². The fraction of sp³-hybridized carbons (Fsp3) is 0.133. The van der Waals surface area contributed by atoms with Crippen LogP contribution in [0.15, 0.2) is 41.5 Å². The van der Waals surface area contributed by atoms with E-state index in [1.165, 1.54) is 6.20 Å². The topological polar surface area (TPSA) is 87.8 Å². The van der Waals surface area contributed by atoms with Gasteiger partial charge in [0.1, 0.15) is 0 Å². The lowest BCUT2D eigenvalue weighted by Gasteiger charge is -2.05. The van der Waals surface area contributed by atoms with Crippen molar-refractivity contribution in [3.63, 3.8) is 0 Å². The van der Waals surface area contributed by atoms with Crippen LogP contribution < -0.4 is 5.69 Å². The first kappa shape index (κ1) is 13.1. The summed E-state index contributed by atoms with van der Waals surface area (Å²) in [7, 11) is 0. The number of ether oxygens (including phenoxy) is 1. The van der Waals surface area contributed by atoms with Crippen LogP contribution in [0.2, 0.25) is 0 Å². The number of carbonyl (C=O) groups is 1. The highest BCUT2D eigenvalue weighted by molar-refractivity contribution is 5.94. The molecule has 0 aliphatic heterocycles. The standard InChI is InChI=1S/C15H13N3O3/c1-2-21-14(19)10-6-9(7-16-8-10)11-4-3-5-12-13(11)18-15(20)17-12/h3-8H,2H2,1H3,(H2,17,18,20). The highest BCUT2D eigenvalue weighted by Crippen LogP contribution is 2.25. The van der Waals surface area contributed by atoms with E-state index in [4.69, 9.17) is 4.74 Å². The highest BCUT2D eigenvalue weighted by atomic mass is 16.5. The van der Waals surface area contributed by atoms with Gasteiger partial charge in [0.25, 0.3) is 0 Å². The van der Waals surface area contributed by atoms with Crippen LogP contribution in [0, 0.1) is 0 Å². The van der Waals surface area contributed by atoms with Crippen molar-refractivity contribution in [1.82, 2.24) is 15.0 Å². The first-order valence-corrected chi connectivity index (χ1v) is 6.52. The summed E-state index contributed by atoms with van der Waals surface area (Å²) in [5.74, 6) is -0.415. The van der Waals surface area contributed by atoms with Crippen LogP contribution >= 0.6 is 0 Å². The molecule has 1 aromatic carbocycles. The number of benzene rings is 1. The van der Waals surface area contributed by atoms with E-state index in [-0.39, 0.29) is 5.69 Å². The average molecular weight is 283 g/mol. The molecule has 21 heavy (non-hydrogen) atoms. The van der Waals surface area contributed by atoms with E-state index in [2.05, 4.69) is 15.0 Å². The normalized spacial score (nSPS) is 10.7. The van der Waals surface area contributed by atoms with E-state index in [0.717, 1.165) is 11.1 Å². The molecule has 0 radical (unpaired) electrons. The molecule has 0 saturated heterocycles. The zero-order valence-corrected chi connectivity index (χ0v) is 11.3. The molecular weight excluding hydrogens is 270 g/mol. The number of esters is 1. The van der Waals surface area contributed by atoms with Crippen LogP contribution in [-0.4, -0.2) is 27.5 Å². The van der Waals surface area contributed by atoms with E-state index >= 15 is 0 Å². The summed E-state index contributed by atoms with van der Waals surface area (Å²) in [6.45, 7) is 2.06. The number of para-hydroxylation sites is 1. The summed E-state index contributed by atoms with van der Waals surface area (Å²) in [4.78, 5) is 32.7. The third kappa shape index (κ3) is 2.43. The lowest BCUT2D eigenvalue weighted by Crippen LogP contribution is -2.05. The van der Waals surface area contributed by atoms with E-state index in [9.17, 15) is 9.59 Å². The van der Waals surface area contributed by atoms with Crippen LogP contribution in [0.1, 0.15) is 17.3 Å². The van der Waals surface area contributed by atoms with Gasteiger partial charge in [0.2, 0.25) is 0 Å². The third-order valence-electron chi connectivity index (χ3n) is 3.11. The second-order valence-electron chi connectivity index (χ2n) is 4.49. The second-order valence-corrected chi connectivity index (χ2v) is 4.49. The van der Waals surface area contributed by atoms with Gasteiger partial charge in [0.15, 0.2) is 0 Å². The number of nitrogens with one attached hydrogen (secondary N) is 2. The van der Waals surface area contributed by atoms with Gasteiger partial charge in [-0.2, -0.15) is 0 Å². The van der Waals surface area contributed by atoms with Gasteiger partial charge in [-0.1, -0.05) is 12.1 Å². The SMILES string of the molecule is CCOC(=O)c1cncc(-c2cccc3[nH]c(=O)[nH]c23)c1. The molecule has 2 N–H and O–H groups in total. The molecule has 0 amide bonds. The van der Waals surface area contributed by atoms with E-state index in [1.54, 1.807) is 25.3 Å². The average Bonchev–Trinajstić information content (AvgIpc) is 2.87. The van der Waals surface area contributed by atoms with E-state index in [0.29, 0.717) is 23.2 Å². The van der Waals surface area contributed by atoms with E-state index in [1.807, 2.05) is 12.1 Å². The molecule has 3 rings (SSSR count). The first-order valence-electron chi connectivity index (χ1n) is 6.52. The lowest BCUT2D eigenvalue weighted by molar-refractivity contribution is 0.0526.